The van der Waals surface area contributed by atoms with E-state index < -0.39 is 0 Å². The Morgan fingerprint density at radius 3 is 2.42 bits per heavy atom. The molecule has 1 aromatic carbocycles. The maximum Gasteiger partial charge on any atom is 0.194 e. The summed E-state index contributed by atoms with van der Waals surface area (Å²) >= 11 is 0. The molecule has 0 bridgehead atoms. The van der Waals surface area contributed by atoms with Crippen molar-refractivity contribution in [3.8, 4) is 0 Å². The maximum atomic E-state index is 12.6. The molecule has 0 atom stereocenters. The van der Waals surface area contributed by atoms with Crippen molar-refractivity contribution in [1.82, 2.24) is 4.98 Å². The maximum absolute atomic E-state index is 12.6. The smallest absolute Gasteiger partial charge is 0.194 e. The lowest BCUT2D eigenvalue weighted by molar-refractivity contribution is 0.103. The zero-order valence-corrected chi connectivity index (χ0v) is 11.9. The topological polar surface area (TPSA) is 30.0 Å². The number of nitrogens with zero attached hydrogens (tertiary/aromatic N) is 1. The minimum Gasteiger partial charge on any atom is -0.289 e. The van der Waals surface area contributed by atoms with E-state index in [9.17, 15) is 4.79 Å². The third-order valence-corrected chi connectivity index (χ3v) is 3.12. The van der Waals surface area contributed by atoms with Gasteiger partial charge < -0.3 is 0 Å². The SMILES string of the molecule is Cc1cncc(C(=O)c2ccccc2C(C)(C)C)c1. The number of pyridine rings is 1. The summed E-state index contributed by atoms with van der Waals surface area (Å²) in [5, 5.41) is 0. The monoisotopic (exact) mass is 253 g/mol. The Morgan fingerprint density at radius 1 is 1.11 bits per heavy atom. The van der Waals surface area contributed by atoms with Crippen LogP contribution in [0.2, 0.25) is 0 Å². The average molecular weight is 253 g/mol. The van der Waals surface area contributed by atoms with E-state index >= 15 is 0 Å². The third kappa shape index (κ3) is 2.90. The lowest BCUT2D eigenvalue weighted by Gasteiger charge is -2.22. The Labute approximate surface area is 114 Å². The van der Waals surface area contributed by atoms with Crippen LogP contribution in [0.25, 0.3) is 0 Å². The van der Waals surface area contributed by atoms with Crippen molar-refractivity contribution in [2.45, 2.75) is 33.1 Å². The van der Waals surface area contributed by atoms with Gasteiger partial charge in [-0.1, -0.05) is 45.0 Å². The summed E-state index contributed by atoms with van der Waals surface area (Å²) < 4.78 is 0. The molecule has 2 heteroatoms. The van der Waals surface area contributed by atoms with Gasteiger partial charge in [0.2, 0.25) is 0 Å². The van der Waals surface area contributed by atoms with Crippen molar-refractivity contribution in [2.75, 3.05) is 0 Å². The number of aromatic nitrogens is 1. The van der Waals surface area contributed by atoms with E-state index in [0.29, 0.717) is 5.56 Å². The molecule has 98 valence electrons. The van der Waals surface area contributed by atoms with Crippen molar-refractivity contribution in [1.29, 1.82) is 0 Å². The molecule has 0 aliphatic rings. The van der Waals surface area contributed by atoms with Crippen LogP contribution in [0.1, 0.15) is 47.8 Å². The van der Waals surface area contributed by atoms with E-state index in [1.807, 2.05) is 37.3 Å². The number of hydrogen-bond acceptors (Lipinski definition) is 2. The standard InChI is InChI=1S/C17H19NO/c1-12-9-13(11-18-10-12)16(19)14-7-5-6-8-15(14)17(2,3)4/h5-11H,1-4H3. The summed E-state index contributed by atoms with van der Waals surface area (Å²) in [6, 6.07) is 9.69. The van der Waals surface area contributed by atoms with Crippen LogP contribution in [0, 0.1) is 6.92 Å². The third-order valence-electron chi connectivity index (χ3n) is 3.12. The summed E-state index contributed by atoms with van der Waals surface area (Å²) in [7, 11) is 0. The number of aryl methyl sites for hydroxylation is 1. The van der Waals surface area contributed by atoms with Gasteiger partial charge in [-0.25, -0.2) is 0 Å². The highest BCUT2D eigenvalue weighted by atomic mass is 16.1. The van der Waals surface area contributed by atoms with Crippen LogP contribution in [0.3, 0.4) is 0 Å². The summed E-state index contributed by atoms with van der Waals surface area (Å²) in [6.45, 7) is 8.30. The Balaban J connectivity index is 2.51. The van der Waals surface area contributed by atoms with E-state index in [-0.39, 0.29) is 11.2 Å². The molecule has 0 radical (unpaired) electrons. The molecule has 0 N–H and O–H groups in total. The van der Waals surface area contributed by atoms with E-state index in [1.165, 1.54) is 0 Å². The van der Waals surface area contributed by atoms with Gasteiger partial charge in [0.1, 0.15) is 0 Å². The molecule has 19 heavy (non-hydrogen) atoms. The molecule has 0 saturated heterocycles. The average Bonchev–Trinajstić information content (AvgIpc) is 2.37. The minimum atomic E-state index is -0.0521. The highest BCUT2D eigenvalue weighted by Gasteiger charge is 2.21. The fourth-order valence-corrected chi connectivity index (χ4v) is 2.17. The van der Waals surface area contributed by atoms with Gasteiger partial charge in [0.15, 0.2) is 5.78 Å². The molecule has 1 aromatic heterocycles. The van der Waals surface area contributed by atoms with Gasteiger partial charge >= 0.3 is 0 Å². The molecule has 0 saturated carbocycles. The lowest BCUT2D eigenvalue weighted by Crippen LogP contribution is -2.17. The van der Waals surface area contributed by atoms with Crippen LogP contribution in [-0.2, 0) is 5.41 Å². The van der Waals surface area contributed by atoms with E-state index in [1.54, 1.807) is 12.4 Å². The molecule has 2 aromatic rings. The second-order valence-corrected chi connectivity index (χ2v) is 5.88. The first-order valence-corrected chi connectivity index (χ1v) is 6.45. The van der Waals surface area contributed by atoms with Gasteiger partial charge in [-0.15, -0.1) is 0 Å². The number of ketones is 1. The zero-order valence-electron chi connectivity index (χ0n) is 11.9. The van der Waals surface area contributed by atoms with E-state index in [4.69, 9.17) is 0 Å². The van der Waals surface area contributed by atoms with Gasteiger partial charge in [-0.3, -0.25) is 9.78 Å². The molecular formula is C17H19NO. The predicted octanol–water partition coefficient (Wildman–Crippen LogP) is 3.92. The molecule has 1 heterocycles. The molecule has 2 rings (SSSR count). The van der Waals surface area contributed by atoms with Crippen molar-refractivity contribution < 1.29 is 4.79 Å². The Morgan fingerprint density at radius 2 is 1.79 bits per heavy atom. The fourth-order valence-electron chi connectivity index (χ4n) is 2.17. The minimum absolute atomic E-state index is 0.0433. The van der Waals surface area contributed by atoms with Gasteiger partial charge in [0, 0.05) is 23.5 Å². The molecule has 0 fully saturated rings. The Kier molecular flexibility index (Phi) is 3.52. The van der Waals surface area contributed by atoms with Crippen LogP contribution in [0.5, 0.6) is 0 Å². The van der Waals surface area contributed by atoms with E-state index in [2.05, 4.69) is 25.8 Å². The van der Waals surface area contributed by atoms with Crippen LogP contribution in [-0.4, -0.2) is 10.8 Å². The molecule has 2 nitrogen and oxygen atoms in total. The van der Waals surface area contributed by atoms with Gasteiger partial charge in [0.25, 0.3) is 0 Å². The fraction of sp³-hybridized carbons (Fsp3) is 0.294. The lowest BCUT2D eigenvalue weighted by atomic mass is 9.82. The summed E-state index contributed by atoms with van der Waals surface area (Å²) in [4.78, 5) is 16.7. The largest absolute Gasteiger partial charge is 0.289 e. The number of carbonyl (C=O) groups excluding carboxylic acids is 1. The van der Waals surface area contributed by atoms with Crippen LogP contribution in [0.4, 0.5) is 0 Å². The second kappa shape index (κ2) is 4.96. The van der Waals surface area contributed by atoms with Crippen molar-refractivity contribution in [3.63, 3.8) is 0 Å². The molecule has 0 aliphatic carbocycles. The predicted molar refractivity (Wildman–Crippen MR) is 77.5 cm³/mol. The first-order valence-electron chi connectivity index (χ1n) is 6.45. The first kappa shape index (κ1) is 13.5. The summed E-state index contributed by atoms with van der Waals surface area (Å²) in [6.07, 6.45) is 3.39. The molecular weight excluding hydrogens is 234 g/mol. The van der Waals surface area contributed by atoms with Crippen molar-refractivity contribution in [3.05, 3.63) is 65.0 Å². The van der Waals surface area contributed by atoms with E-state index in [0.717, 1.165) is 16.7 Å². The molecule has 0 spiro atoms. The molecule has 0 unspecified atom stereocenters. The molecule has 0 amide bonds. The van der Waals surface area contributed by atoms with Gasteiger partial charge in [-0.2, -0.15) is 0 Å². The number of hydrogen-bond donors (Lipinski definition) is 0. The summed E-state index contributed by atoms with van der Waals surface area (Å²) in [5.41, 5.74) is 3.43. The first-order chi connectivity index (χ1) is 8.89. The highest BCUT2D eigenvalue weighted by Crippen LogP contribution is 2.27. The van der Waals surface area contributed by atoms with Crippen LogP contribution < -0.4 is 0 Å². The van der Waals surface area contributed by atoms with Crippen LogP contribution in [0.15, 0.2) is 42.7 Å². The normalized spacial score (nSPS) is 11.4. The quantitative estimate of drug-likeness (QED) is 0.759. The molecule has 0 aliphatic heterocycles. The number of rotatable bonds is 2. The number of carbonyl (C=O) groups is 1. The van der Waals surface area contributed by atoms with Gasteiger partial charge in [0.05, 0.1) is 0 Å². The number of benzene rings is 1. The zero-order chi connectivity index (χ0) is 14.0. The highest BCUT2D eigenvalue weighted by molar-refractivity contribution is 6.10. The van der Waals surface area contributed by atoms with Crippen LogP contribution >= 0.6 is 0 Å². The second-order valence-electron chi connectivity index (χ2n) is 5.88. The Bertz CT molecular complexity index is 609. The van der Waals surface area contributed by atoms with Gasteiger partial charge in [-0.05, 0) is 29.5 Å². The Hall–Kier alpha value is -1.96. The summed E-state index contributed by atoms with van der Waals surface area (Å²) in [5.74, 6) is 0.0433. The van der Waals surface area contributed by atoms with Crippen molar-refractivity contribution in [2.24, 2.45) is 0 Å². The van der Waals surface area contributed by atoms with Crippen molar-refractivity contribution >= 4 is 5.78 Å².